The molecule has 0 spiro atoms. The number of fused-ring (bicyclic) bond motifs is 1. The lowest BCUT2D eigenvalue weighted by Crippen LogP contribution is -2.35. The van der Waals surface area contributed by atoms with E-state index in [-0.39, 0.29) is 11.4 Å². The Kier molecular flexibility index (Phi) is 11.6. The molecule has 42 heavy (non-hydrogen) atoms. The SMILES string of the molecule is CCCCCC.COc1cc(-n2cnc(Nc3nc(Cl)nc4sc(CN5CCC(O)CC5)cc34)c2)cc(OC)c1OC. The molecule has 1 fully saturated rings. The molecule has 0 amide bonds. The third-order valence-corrected chi connectivity index (χ3v) is 8.27. The van der Waals surface area contributed by atoms with E-state index in [0.29, 0.717) is 28.9 Å². The maximum atomic E-state index is 9.77. The smallest absolute Gasteiger partial charge is 0.225 e. The molecule has 0 radical (unpaired) electrons. The van der Waals surface area contributed by atoms with Crippen LogP contribution in [-0.2, 0) is 6.54 Å². The largest absolute Gasteiger partial charge is 0.493 e. The van der Waals surface area contributed by atoms with Crippen molar-refractivity contribution in [2.45, 2.75) is 65.0 Å². The first-order chi connectivity index (χ1) is 20.4. The number of piperidine rings is 1. The Morgan fingerprint density at radius 3 is 2.26 bits per heavy atom. The van der Waals surface area contributed by atoms with Gasteiger partial charge in [-0.25, -0.2) is 9.97 Å². The summed E-state index contributed by atoms with van der Waals surface area (Å²) in [5, 5.41) is 14.1. The number of anilines is 2. The fraction of sp³-hybridized carbons (Fsp3) is 0.500. The predicted molar refractivity (Wildman–Crippen MR) is 169 cm³/mol. The first-order valence-electron chi connectivity index (χ1n) is 14.4. The van der Waals surface area contributed by atoms with Crippen molar-refractivity contribution in [1.29, 1.82) is 0 Å². The van der Waals surface area contributed by atoms with E-state index < -0.39 is 0 Å². The third kappa shape index (κ3) is 8.03. The number of methoxy groups -OCH3 is 3. The Labute approximate surface area is 256 Å². The van der Waals surface area contributed by atoms with Crippen LogP contribution in [0.5, 0.6) is 17.2 Å². The highest BCUT2D eigenvalue weighted by molar-refractivity contribution is 7.18. The molecule has 10 nitrogen and oxygen atoms in total. The highest BCUT2D eigenvalue weighted by Crippen LogP contribution is 2.39. The van der Waals surface area contributed by atoms with Crippen molar-refractivity contribution in [3.05, 3.63) is 40.9 Å². The molecular weight excluding hydrogens is 576 g/mol. The van der Waals surface area contributed by atoms with Crippen molar-refractivity contribution in [1.82, 2.24) is 24.4 Å². The number of imidazole rings is 1. The first kappa shape index (κ1) is 31.8. The van der Waals surface area contributed by atoms with Gasteiger partial charge in [0.05, 0.1) is 44.7 Å². The maximum Gasteiger partial charge on any atom is 0.225 e. The average molecular weight is 617 g/mol. The summed E-state index contributed by atoms with van der Waals surface area (Å²) in [6.45, 7) is 7.03. The number of halogens is 1. The van der Waals surface area contributed by atoms with Gasteiger partial charge in [0, 0.05) is 36.6 Å². The van der Waals surface area contributed by atoms with E-state index in [1.54, 1.807) is 39.0 Å². The lowest BCUT2D eigenvalue weighted by Gasteiger charge is -2.28. The number of nitrogens with zero attached hydrogens (tertiary/aromatic N) is 5. The van der Waals surface area contributed by atoms with Crippen LogP contribution < -0.4 is 19.5 Å². The van der Waals surface area contributed by atoms with Gasteiger partial charge in [-0.2, -0.15) is 4.98 Å². The van der Waals surface area contributed by atoms with Gasteiger partial charge in [0.25, 0.3) is 0 Å². The molecule has 0 unspecified atom stereocenters. The second-order valence-corrected chi connectivity index (χ2v) is 11.6. The number of ether oxygens (including phenoxy) is 3. The van der Waals surface area contributed by atoms with Crippen LogP contribution in [0.4, 0.5) is 11.6 Å². The number of benzene rings is 1. The number of unbranched alkanes of at least 4 members (excludes halogenated alkanes) is 3. The Bertz CT molecular complexity index is 1410. The van der Waals surface area contributed by atoms with Gasteiger partial charge in [0.2, 0.25) is 11.0 Å². The van der Waals surface area contributed by atoms with Gasteiger partial charge in [-0.05, 0) is 30.5 Å². The highest BCUT2D eigenvalue weighted by Gasteiger charge is 2.20. The standard InChI is InChI=1S/C24H27ClN6O4S.C6H14/c1-33-18-8-14(9-19(34-2)21(18)35-3)31-12-20(26-13-31)27-22-17-10-16(36-23(17)29-24(25)28-22)11-30-6-4-15(32)5-7-30;1-3-5-6-4-2/h8-10,12-13,15,32H,4-7,11H2,1-3H3,(H,27,28,29);3-6H2,1-2H3. The summed E-state index contributed by atoms with van der Waals surface area (Å²) < 4.78 is 18.2. The lowest BCUT2D eigenvalue weighted by molar-refractivity contribution is 0.0797. The van der Waals surface area contributed by atoms with Crippen molar-refractivity contribution in [3.8, 4) is 22.9 Å². The van der Waals surface area contributed by atoms with Crippen molar-refractivity contribution in [2.75, 3.05) is 39.7 Å². The summed E-state index contributed by atoms with van der Waals surface area (Å²) in [6, 6.07) is 5.79. The first-order valence-corrected chi connectivity index (χ1v) is 15.6. The van der Waals surface area contributed by atoms with Crippen LogP contribution in [0.1, 0.15) is 57.2 Å². The van der Waals surface area contributed by atoms with Crippen LogP contribution >= 0.6 is 22.9 Å². The van der Waals surface area contributed by atoms with Gasteiger partial charge >= 0.3 is 0 Å². The molecule has 0 bridgehead atoms. The van der Waals surface area contributed by atoms with E-state index in [1.807, 2.05) is 22.9 Å². The zero-order chi connectivity index (χ0) is 30.1. The van der Waals surface area contributed by atoms with E-state index in [0.717, 1.165) is 48.4 Å². The van der Waals surface area contributed by atoms with Gasteiger partial charge < -0.3 is 29.2 Å². The van der Waals surface area contributed by atoms with Gasteiger partial charge in [0.1, 0.15) is 22.8 Å². The molecule has 228 valence electrons. The number of rotatable bonds is 11. The summed E-state index contributed by atoms with van der Waals surface area (Å²) in [5.74, 6) is 2.81. The lowest BCUT2D eigenvalue weighted by atomic mass is 10.1. The van der Waals surface area contributed by atoms with Crippen LogP contribution in [0, 0.1) is 0 Å². The molecule has 1 aliphatic rings. The molecular formula is C30H41ClN6O4S. The van der Waals surface area contributed by atoms with Crippen LogP contribution in [0.25, 0.3) is 15.9 Å². The molecule has 0 atom stereocenters. The molecule has 4 heterocycles. The van der Waals surface area contributed by atoms with Crippen molar-refractivity contribution in [3.63, 3.8) is 0 Å². The van der Waals surface area contributed by atoms with E-state index in [1.165, 1.54) is 30.6 Å². The van der Waals surface area contributed by atoms with Crippen LogP contribution in [0.2, 0.25) is 5.28 Å². The average Bonchev–Trinajstić information content (AvgIpc) is 3.63. The molecule has 5 rings (SSSR count). The van der Waals surface area contributed by atoms with Gasteiger partial charge in [-0.1, -0.05) is 39.5 Å². The molecule has 0 saturated carbocycles. The Balaban J connectivity index is 0.000000612. The molecule has 1 saturated heterocycles. The van der Waals surface area contributed by atoms with Crippen LogP contribution in [-0.4, -0.2) is 70.0 Å². The normalized spacial score (nSPS) is 14.0. The summed E-state index contributed by atoms with van der Waals surface area (Å²) >= 11 is 7.84. The molecule has 3 aromatic heterocycles. The molecule has 2 N–H and O–H groups in total. The molecule has 12 heteroatoms. The van der Waals surface area contributed by atoms with E-state index in [4.69, 9.17) is 25.8 Å². The molecule has 0 aliphatic carbocycles. The summed E-state index contributed by atoms with van der Waals surface area (Å²) in [4.78, 5) is 17.7. The molecule has 1 aromatic carbocycles. The second kappa shape index (κ2) is 15.4. The number of hydrogen-bond donors (Lipinski definition) is 2. The number of aromatic nitrogens is 4. The third-order valence-electron chi connectivity index (χ3n) is 7.09. The fourth-order valence-electron chi connectivity index (χ4n) is 4.78. The number of hydrogen-bond acceptors (Lipinski definition) is 10. The Hall–Kier alpha value is -3.12. The van der Waals surface area contributed by atoms with Crippen LogP contribution in [0.15, 0.2) is 30.7 Å². The minimum Gasteiger partial charge on any atom is -0.493 e. The van der Waals surface area contributed by atoms with E-state index in [9.17, 15) is 5.11 Å². The van der Waals surface area contributed by atoms with Crippen molar-refractivity contribution < 1.29 is 19.3 Å². The Morgan fingerprint density at radius 1 is 1.00 bits per heavy atom. The minimum atomic E-state index is -0.191. The minimum absolute atomic E-state index is 0.170. The Morgan fingerprint density at radius 2 is 1.67 bits per heavy atom. The van der Waals surface area contributed by atoms with E-state index >= 15 is 0 Å². The number of aliphatic hydroxyl groups is 1. The number of nitrogens with one attached hydrogen (secondary N) is 1. The monoisotopic (exact) mass is 616 g/mol. The highest BCUT2D eigenvalue weighted by atomic mass is 35.5. The zero-order valence-corrected chi connectivity index (χ0v) is 26.6. The van der Waals surface area contributed by atoms with Gasteiger partial charge in [0.15, 0.2) is 11.5 Å². The fourth-order valence-corrected chi connectivity index (χ4v) is 6.07. The number of likely N-dealkylation sites (tertiary alicyclic amines) is 1. The van der Waals surface area contributed by atoms with Crippen molar-refractivity contribution in [2.24, 2.45) is 0 Å². The number of aliphatic hydroxyl groups excluding tert-OH is 1. The topological polar surface area (TPSA) is 107 Å². The van der Waals surface area contributed by atoms with Crippen molar-refractivity contribution >= 4 is 44.8 Å². The molecule has 4 aromatic rings. The van der Waals surface area contributed by atoms with E-state index in [2.05, 4.69) is 45.1 Å². The predicted octanol–water partition coefficient (Wildman–Crippen LogP) is 6.84. The summed E-state index contributed by atoms with van der Waals surface area (Å²) in [7, 11) is 4.73. The zero-order valence-electron chi connectivity index (χ0n) is 25.0. The van der Waals surface area contributed by atoms with Gasteiger partial charge in [-0.3, -0.25) is 4.90 Å². The summed E-state index contributed by atoms with van der Waals surface area (Å²) in [5.41, 5.74) is 0.792. The molecule has 1 aliphatic heterocycles. The van der Waals surface area contributed by atoms with Crippen LogP contribution in [0.3, 0.4) is 0 Å². The number of thiophene rings is 1. The maximum absolute atomic E-state index is 9.77. The van der Waals surface area contributed by atoms with Gasteiger partial charge in [-0.15, -0.1) is 11.3 Å². The quantitative estimate of drug-likeness (QED) is 0.138. The summed E-state index contributed by atoms with van der Waals surface area (Å²) in [6.07, 6.45) is 10.5. The second-order valence-electron chi connectivity index (χ2n) is 10.2.